The number of hydrogen-bond acceptors (Lipinski definition) is 6. The second-order valence-corrected chi connectivity index (χ2v) is 5.50. The Morgan fingerprint density at radius 2 is 1.90 bits per heavy atom. The van der Waals surface area contributed by atoms with Gasteiger partial charge in [-0.2, -0.15) is 0 Å². The van der Waals surface area contributed by atoms with Crippen molar-refractivity contribution in [1.82, 2.24) is 15.1 Å². The van der Waals surface area contributed by atoms with Crippen LogP contribution in [0.25, 0.3) is 0 Å². The number of piperazine rings is 1. The second kappa shape index (κ2) is 7.56. The van der Waals surface area contributed by atoms with Crippen molar-refractivity contribution in [2.75, 3.05) is 44.9 Å². The molecule has 1 fully saturated rings. The van der Waals surface area contributed by atoms with Crippen LogP contribution in [0.1, 0.15) is 20.8 Å². The van der Waals surface area contributed by atoms with Gasteiger partial charge in [-0.25, -0.2) is 0 Å². The second-order valence-electron chi connectivity index (χ2n) is 5.50. The maximum atomic E-state index is 5.34. The molecule has 1 aliphatic heterocycles. The molecule has 2 heterocycles. The van der Waals surface area contributed by atoms with Crippen LogP contribution in [0.15, 0.2) is 12.1 Å². The Morgan fingerprint density at radius 3 is 2.43 bits per heavy atom. The summed E-state index contributed by atoms with van der Waals surface area (Å²) in [6.45, 7) is 10.7. The van der Waals surface area contributed by atoms with Crippen LogP contribution in [0.4, 0.5) is 5.82 Å². The fourth-order valence-corrected chi connectivity index (χ4v) is 2.89. The molecule has 0 bridgehead atoms. The third kappa shape index (κ3) is 4.04. The molecule has 0 aromatic carbocycles. The van der Waals surface area contributed by atoms with E-state index in [2.05, 4.69) is 33.8 Å². The lowest BCUT2D eigenvalue weighted by Gasteiger charge is -2.44. The zero-order valence-electron chi connectivity index (χ0n) is 13.5. The Balaban J connectivity index is 1.99. The molecule has 0 N–H and O–H groups in total. The molecule has 0 amide bonds. The maximum absolute atomic E-state index is 5.34. The Labute approximate surface area is 127 Å². The van der Waals surface area contributed by atoms with E-state index in [1.807, 2.05) is 19.1 Å². The maximum Gasteiger partial charge on any atom is 0.233 e. The lowest BCUT2D eigenvalue weighted by molar-refractivity contribution is 0.0844. The first-order chi connectivity index (χ1) is 10.2. The highest BCUT2D eigenvalue weighted by molar-refractivity contribution is 5.39. The van der Waals surface area contributed by atoms with Gasteiger partial charge in [-0.05, 0) is 26.8 Å². The number of aromatic nitrogens is 2. The van der Waals surface area contributed by atoms with E-state index in [0.29, 0.717) is 24.6 Å². The molecule has 2 rings (SSSR count). The quantitative estimate of drug-likeness (QED) is 0.791. The van der Waals surface area contributed by atoms with Crippen molar-refractivity contribution in [3.05, 3.63) is 12.1 Å². The van der Waals surface area contributed by atoms with E-state index in [1.54, 1.807) is 7.11 Å². The summed E-state index contributed by atoms with van der Waals surface area (Å²) in [5.74, 6) is 1.50. The normalized spacial score (nSPS) is 23.3. The zero-order valence-corrected chi connectivity index (χ0v) is 13.5. The zero-order chi connectivity index (χ0) is 15.2. The van der Waals surface area contributed by atoms with Gasteiger partial charge in [0.25, 0.3) is 0 Å². The molecular formula is C15H26N4O2. The van der Waals surface area contributed by atoms with E-state index >= 15 is 0 Å². The van der Waals surface area contributed by atoms with Gasteiger partial charge in [0.15, 0.2) is 5.82 Å². The molecule has 1 saturated heterocycles. The van der Waals surface area contributed by atoms with Gasteiger partial charge >= 0.3 is 0 Å². The van der Waals surface area contributed by atoms with Gasteiger partial charge in [-0.1, -0.05) is 0 Å². The smallest absolute Gasteiger partial charge is 0.233 e. The SMILES string of the molecule is CCOc1ccc(N2C[C@H](C)N(CCOC)[C@@H](C)C2)nn1. The molecule has 6 nitrogen and oxygen atoms in total. The Kier molecular flexibility index (Phi) is 5.76. The number of hydrogen-bond donors (Lipinski definition) is 0. The highest BCUT2D eigenvalue weighted by Crippen LogP contribution is 2.21. The summed E-state index contributed by atoms with van der Waals surface area (Å²) in [4.78, 5) is 4.78. The summed E-state index contributed by atoms with van der Waals surface area (Å²) < 4.78 is 10.5. The Hall–Kier alpha value is -1.40. The average molecular weight is 294 g/mol. The lowest BCUT2D eigenvalue weighted by atomic mass is 10.1. The summed E-state index contributed by atoms with van der Waals surface area (Å²) in [7, 11) is 1.75. The predicted molar refractivity (Wildman–Crippen MR) is 82.9 cm³/mol. The Morgan fingerprint density at radius 1 is 1.19 bits per heavy atom. The first-order valence-corrected chi connectivity index (χ1v) is 7.61. The first kappa shape index (κ1) is 16.0. The molecule has 1 aromatic heterocycles. The molecule has 0 radical (unpaired) electrons. The minimum Gasteiger partial charge on any atom is -0.477 e. The number of ether oxygens (including phenoxy) is 2. The number of rotatable bonds is 6. The van der Waals surface area contributed by atoms with E-state index in [0.717, 1.165) is 32.1 Å². The molecule has 6 heteroatoms. The average Bonchev–Trinajstić information content (AvgIpc) is 2.47. The van der Waals surface area contributed by atoms with E-state index in [9.17, 15) is 0 Å². The topological polar surface area (TPSA) is 50.7 Å². The third-order valence-electron chi connectivity index (χ3n) is 3.90. The highest BCUT2D eigenvalue weighted by Gasteiger charge is 2.29. The van der Waals surface area contributed by atoms with E-state index in [4.69, 9.17) is 9.47 Å². The predicted octanol–water partition coefficient (Wildman–Crippen LogP) is 1.42. The Bertz CT molecular complexity index is 414. The summed E-state index contributed by atoms with van der Waals surface area (Å²) in [6, 6.07) is 4.82. The number of nitrogens with zero attached hydrogens (tertiary/aromatic N) is 4. The standard InChI is InChI=1S/C15H26N4O2/c1-5-21-15-7-6-14(16-17-15)18-10-12(2)19(8-9-20-4)13(3)11-18/h6-7,12-13H,5,8-11H2,1-4H3/t12-,13-/m0/s1. The van der Waals surface area contributed by atoms with Gasteiger partial charge in [0.1, 0.15) is 0 Å². The van der Waals surface area contributed by atoms with Gasteiger partial charge < -0.3 is 14.4 Å². The molecular weight excluding hydrogens is 268 g/mol. The van der Waals surface area contributed by atoms with Crippen LogP contribution in [0.5, 0.6) is 5.88 Å². The largest absolute Gasteiger partial charge is 0.477 e. The molecule has 118 valence electrons. The summed E-state index contributed by atoms with van der Waals surface area (Å²) in [5, 5.41) is 8.40. The van der Waals surface area contributed by atoms with Gasteiger partial charge in [-0.3, -0.25) is 4.90 Å². The van der Waals surface area contributed by atoms with Crippen LogP contribution in [-0.2, 0) is 4.74 Å². The van der Waals surface area contributed by atoms with Crippen LogP contribution in [0, 0.1) is 0 Å². The molecule has 1 aliphatic rings. The van der Waals surface area contributed by atoms with E-state index in [1.165, 1.54) is 0 Å². The van der Waals surface area contributed by atoms with Gasteiger partial charge in [0, 0.05) is 44.9 Å². The lowest BCUT2D eigenvalue weighted by Crippen LogP contribution is -2.57. The van der Waals surface area contributed by atoms with Gasteiger partial charge in [0.2, 0.25) is 5.88 Å². The van der Waals surface area contributed by atoms with Crippen LogP contribution in [0.2, 0.25) is 0 Å². The molecule has 0 unspecified atom stereocenters. The first-order valence-electron chi connectivity index (χ1n) is 7.61. The molecule has 2 atom stereocenters. The van der Waals surface area contributed by atoms with Crippen LogP contribution in [-0.4, -0.2) is 67.1 Å². The number of anilines is 1. The van der Waals surface area contributed by atoms with Crippen molar-refractivity contribution < 1.29 is 9.47 Å². The molecule has 1 aromatic rings. The van der Waals surface area contributed by atoms with Gasteiger partial charge in [0.05, 0.1) is 13.2 Å². The van der Waals surface area contributed by atoms with E-state index in [-0.39, 0.29) is 0 Å². The highest BCUT2D eigenvalue weighted by atomic mass is 16.5. The summed E-state index contributed by atoms with van der Waals surface area (Å²) >= 11 is 0. The van der Waals surface area contributed by atoms with E-state index < -0.39 is 0 Å². The summed E-state index contributed by atoms with van der Waals surface area (Å²) in [5.41, 5.74) is 0. The molecule has 0 aliphatic carbocycles. The minimum absolute atomic E-state index is 0.470. The monoisotopic (exact) mass is 294 g/mol. The van der Waals surface area contributed by atoms with Crippen molar-refractivity contribution >= 4 is 5.82 Å². The van der Waals surface area contributed by atoms with Crippen molar-refractivity contribution in [2.45, 2.75) is 32.9 Å². The van der Waals surface area contributed by atoms with Crippen LogP contribution < -0.4 is 9.64 Å². The molecule has 0 spiro atoms. The molecule has 21 heavy (non-hydrogen) atoms. The minimum atomic E-state index is 0.470. The van der Waals surface area contributed by atoms with Crippen molar-refractivity contribution in [3.63, 3.8) is 0 Å². The number of methoxy groups -OCH3 is 1. The van der Waals surface area contributed by atoms with Crippen LogP contribution >= 0.6 is 0 Å². The molecule has 0 saturated carbocycles. The van der Waals surface area contributed by atoms with Crippen molar-refractivity contribution in [2.24, 2.45) is 0 Å². The van der Waals surface area contributed by atoms with Crippen molar-refractivity contribution in [1.29, 1.82) is 0 Å². The van der Waals surface area contributed by atoms with Crippen LogP contribution in [0.3, 0.4) is 0 Å². The fraction of sp³-hybridized carbons (Fsp3) is 0.733. The van der Waals surface area contributed by atoms with Crippen molar-refractivity contribution in [3.8, 4) is 5.88 Å². The summed E-state index contributed by atoms with van der Waals surface area (Å²) in [6.07, 6.45) is 0. The third-order valence-corrected chi connectivity index (χ3v) is 3.90. The fourth-order valence-electron chi connectivity index (χ4n) is 2.89. The van der Waals surface area contributed by atoms with Gasteiger partial charge in [-0.15, -0.1) is 10.2 Å².